The van der Waals surface area contributed by atoms with Crippen molar-refractivity contribution in [1.29, 1.82) is 0 Å². The number of nitrogens with zero attached hydrogens (tertiary/aromatic N) is 2. The van der Waals surface area contributed by atoms with Crippen molar-refractivity contribution in [1.82, 2.24) is 14.9 Å². The number of aromatic nitrogens is 2. The smallest absolute Gasteiger partial charge is 0.347 e. The van der Waals surface area contributed by atoms with Gasteiger partial charge in [-0.15, -0.1) is 0 Å². The number of nitrogens with one attached hydrogen (secondary N) is 1. The second-order valence-corrected chi connectivity index (χ2v) is 4.24. The van der Waals surface area contributed by atoms with Crippen molar-refractivity contribution in [3.63, 3.8) is 0 Å². The van der Waals surface area contributed by atoms with Gasteiger partial charge in [0.25, 0.3) is 0 Å². The number of aliphatic hydroxyl groups is 1. The molecular weight excluding hydrogens is 258 g/mol. The van der Waals surface area contributed by atoms with Crippen LogP contribution in [-0.4, -0.2) is 27.2 Å². The molecule has 0 aliphatic heterocycles. The third-order valence-electron chi connectivity index (χ3n) is 2.82. The van der Waals surface area contributed by atoms with Crippen molar-refractivity contribution >= 4 is 5.91 Å². The van der Waals surface area contributed by atoms with Crippen LogP contribution in [0, 0.1) is 0 Å². The molecule has 1 amide bonds. The maximum absolute atomic E-state index is 11.9. The molecule has 2 aromatic rings. The number of hydrogen-bond acceptors (Lipinski definition) is 4. The van der Waals surface area contributed by atoms with E-state index in [1.165, 1.54) is 17.0 Å². The molecule has 1 heterocycles. The fourth-order valence-electron chi connectivity index (χ4n) is 1.82. The highest BCUT2D eigenvalue weighted by Crippen LogP contribution is 2.11. The van der Waals surface area contributed by atoms with Crippen molar-refractivity contribution in [3.8, 4) is 0 Å². The van der Waals surface area contributed by atoms with Gasteiger partial charge in [0, 0.05) is 12.4 Å². The first-order valence-electron chi connectivity index (χ1n) is 6.17. The van der Waals surface area contributed by atoms with E-state index >= 15 is 0 Å². The molecule has 1 atom stereocenters. The summed E-state index contributed by atoms with van der Waals surface area (Å²) in [4.78, 5) is 26.9. The lowest BCUT2D eigenvalue weighted by atomic mass is 10.1. The minimum atomic E-state index is -0.490. The molecule has 1 aromatic carbocycles. The van der Waals surface area contributed by atoms with Crippen LogP contribution in [-0.2, 0) is 11.3 Å². The van der Waals surface area contributed by atoms with Gasteiger partial charge in [-0.2, -0.15) is 0 Å². The SMILES string of the molecule is O=C(Cn1cccnc1=O)N[C@@H](CO)c1ccccc1. The van der Waals surface area contributed by atoms with E-state index in [1.807, 2.05) is 30.3 Å². The minimum Gasteiger partial charge on any atom is -0.394 e. The van der Waals surface area contributed by atoms with E-state index in [0.29, 0.717) is 0 Å². The second kappa shape index (κ2) is 6.63. The second-order valence-electron chi connectivity index (χ2n) is 4.24. The molecule has 0 aliphatic rings. The summed E-state index contributed by atoms with van der Waals surface area (Å²) < 4.78 is 1.20. The van der Waals surface area contributed by atoms with Gasteiger partial charge in [-0.1, -0.05) is 30.3 Å². The van der Waals surface area contributed by atoms with Gasteiger partial charge in [-0.05, 0) is 11.6 Å². The molecule has 2 rings (SSSR count). The van der Waals surface area contributed by atoms with Crippen LogP contribution >= 0.6 is 0 Å². The summed E-state index contributed by atoms with van der Waals surface area (Å²) in [5.74, 6) is -0.358. The molecule has 0 spiro atoms. The first-order chi connectivity index (χ1) is 9.70. The molecule has 0 fully saturated rings. The predicted molar refractivity (Wildman–Crippen MR) is 72.9 cm³/mol. The zero-order chi connectivity index (χ0) is 14.4. The number of aliphatic hydroxyl groups excluding tert-OH is 1. The van der Waals surface area contributed by atoms with Crippen LogP contribution in [0.5, 0.6) is 0 Å². The number of amides is 1. The Morgan fingerprint density at radius 3 is 2.70 bits per heavy atom. The van der Waals surface area contributed by atoms with Gasteiger partial charge in [0.15, 0.2) is 0 Å². The molecule has 0 saturated heterocycles. The summed E-state index contributed by atoms with van der Waals surface area (Å²) in [6, 6.07) is 10.2. The lowest BCUT2D eigenvalue weighted by Gasteiger charge is -2.17. The van der Waals surface area contributed by atoms with Crippen LogP contribution in [0.2, 0.25) is 0 Å². The Hall–Kier alpha value is -2.47. The Bertz CT molecular complexity index is 625. The van der Waals surface area contributed by atoms with Crippen LogP contribution < -0.4 is 11.0 Å². The van der Waals surface area contributed by atoms with Gasteiger partial charge in [0.2, 0.25) is 5.91 Å². The predicted octanol–water partition coefficient (Wildman–Crippen LogP) is 0.0931. The summed E-state index contributed by atoms with van der Waals surface area (Å²) in [7, 11) is 0. The maximum Gasteiger partial charge on any atom is 0.347 e. The molecule has 1 aromatic heterocycles. The van der Waals surface area contributed by atoms with Gasteiger partial charge >= 0.3 is 5.69 Å². The van der Waals surface area contributed by atoms with Crippen molar-refractivity contribution in [2.45, 2.75) is 12.6 Å². The summed E-state index contributed by atoms with van der Waals surface area (Å²) in [5, 5.41) is 12.0. The highest BCUT2D eigenvalue weighted by molar-refractivity contribution is 5.76. The van der Waals surface area contributed by atoms with Crippen molar-refractivity contribution in [2.24, 2.45) is 0 Å². The summed E-state index contributed by atoms with van der Waals surface area (Å²) in [6.07, 6.45) is 2.86. The van der Waals surface area contributed by atoms with Gasteiger partial charge in [-0.3, -0.25) is 9.36 Å². The summed E-state index contributed by atoms with van der Waals surface area (Å²) >= 11 is 0. The largest absolute Gasteiger partial charge is 0.394 e. The van der Waals surface area contributed by atoms with E-state index in [-0.39, 0.29) is 19.1 Å². The molecule has 0 unspecified atom stereocenters. The van der Waals surface area contributed by atoms with E-state index in [1.54, 1.807) is 6.07 Å². The number of hydrogen-bond donors (Lipinski definition) is 2. The first kappa shape index (κ1) is 14.0. The lowest BCUT2D eigenvalue weighted by molar-refractivity contribution is -0.122. The molecule has 0 radical (unpaired) electrons. The van der Waals surface area contributed by atoms with E-state index < -0.39 is 11.7 Å². The standard InChI is InChI=1S/C14H15N3O3/c18-10-12(11-5-2-1-3-6-11)16-13(19)9-17-8-4-7-15-14(17)20/h1-8,12,18H,9-10H2,(H,16,19)/t12-/m0/s1. The van der Waals surface area contributed by atoms with Gasteiger partial charge < -0.3 is 10.4 Å². The number of carbonyl (C=O) groups excluding carboxylic acids is 1. The first-order valence-corrected chi connectivity index (χ1v) is 6.17. The number of benzene rings is 1. The zero-order valence-corrected chi connectivity index (χ0v) is 10.8. The van der Waals surface area contributed by atoms with E-state index in [2.05, 4.69) is 10.3 Å². The molecule has 6 nitrogen and oxygen atoms in total. The Balaban J connectivity index is 2.04. The Labute approximate surface area is 115 Å². The highest BCUT2D eigenvalue weighted by Gasteiger charge is 2.13. The Kier molecular flexibility index (Phi) is 4.62. The van der Waals surface area contributed by atoms with Gasteiger partial charge in [-0.25, -0.2) is 9.78 Å². The summed E-state index contributed by atoms with van der Waals surface area (Å²) in [5.41, 5.74) is 0.324. The molecule has 0 saturated carbocycles. The third-order valence-corrected chi connectivity index (χ3v) is 2.82. The number of carbonyl (C=O) groups is 1. The number of rotatable bonds is 5. The monoisotopic (exact) mass is 273 g/mol. The quantitative estimate of drug-likeness (QED) is 0.809. The molecule has 0 bridgehead atoms. The average Bonchev–Trinajstić information content (AvgIpc) is 2.48. The topological polar surface area (TPSA) is 84.2 Å². The van der Waals surface area contributed by atoms with Crippen molar-refractivity contribution in [3.05, 3.63) is 64.8 Å². The molecule has 20 heavy (non-hydrogen) atoms. The molecule has 0 aliphatic carbocycles. The van der Waals surface area contributed by atoms with Crippen molar-refractivity contribution in [2.75, 3.05) is 6.61 Å². The normalized spacial score (nSPS) is 11.8. The molecular formula is C14H15N3O3. The molecule has 6 heteroatoms. The Morgan fingerprint density at radius 1 is 1.30 bits per heavy atom. The van der Waals surface area contributed by atoms with E-state index in [4.69, 9.17) is 0 Å². The molecule has 104 valence electrons. The maximum atomic E-state index is 11.9. The third kappa shape index (κ3) is 3.52. The fourth-order valence-corrected chi connectivity index (χ4v) is 1.82. The Morgan fingerprint density at radius 2 is 2.05 bits per heavy atom. The van der Waals surface area contributed by atoms with Crippen LogP contribution in [0.4, 0.5) is 0 Å². The summed E-state index contributed by atoms with van der Waals surface area (Å²) in [6.45, 7) is -0.340. The lowest BCUT2D eigenvalue weighted by Crippen LogP contribution is -2.36. The van der Waals surface area contributed by atoms with E-state index in [9.17, 15) is 14.7 Å². The van der Waals surface area contributed by atoms with Crippen molar-refractivity contribution < 1.29 is 9.90 Å². The van der Waals surface area contributed by atoms with Crippen LogP contribution in [0.1, 0.15) is 11.6 Å². The fraction of sp³-hybridized carbons (Fsp3) is 0.214. The highest BCUT2D eigenvalue weighted by atomic mass is 16.3. The minimum absolute atomic E-state index is 0.129. The van der Waals surface area contributed by atoms with Crippen LogP contribution in [0.3, 0.4) is 0 Å². The van der Waals surface area contributed by atoms with E-state index in [0.717, 1.165) is 5.56 Å². The van der Waals surface area contributed by atoms with Gasteiger partial charge in [0.1, 0.15) is 6.54 Å². The average molecular weight is 273 g/mol. The zero-order valence-electron chi connectivity index (χ0n) is 10.8. The van der Waals surface area contributed by atoms with Crippen LogP contribution in [0.25, 0.3) is 0 Å². The van der Waals surface area contributed by atoms with Gasteiger partial charge in [0.05, 0.1) is 12.6 Å². The van der Waals surface area contributed by atoms with Crippen LogP contribution in [0.15, 0.2) is 53.6 Å². The molecule has 2 N–H and O–H groups in total.